The number of hydrogen-bond acceptors (Lipinski definition) is 3. The molecular weight excluding hydrogens is 321 g/mol. The maximum atomic E-state index is 13.6. The van der Waals surface area contributed by atoms with Crippen LogP contribution in [0.15, 0.2) is 42.5 Å². The molecule has 0 unspecified atom stereocenters. The van der Waals surface area contributed by atoms with Gasteiger partial charge < -0.3 is 14.7 Å². The highest BCUT2D eigenvalue weighted by Gasteiger charge is 2.52. The van der Waals surface area contributed by atoms with Crippen LogP contribution >= 0.6 is 0 Å². The fourth-order valence-electron chi connectivity index (χ4n) is 4.02. The van der Waals surface area contributed by atoms with Gasteiger partial charge in [0.15, 0.2) is 0 Å². The minimum absolute atomic E-state index is 0.0141. The van der Waals surface area contributed by atoms with E-state index in [0.717, 1.165) is 16.9 Å². The van der Waals surface area contributed by atoms with Gasteiger partial charge in [-0.15, -0.1) is 0 Å². The number of para-hydroxylation sites is 1. The van der Waals surface area contributed by atoms with Crippen molar-refractivity contribution >= 4 is 5.91 Å². The molecule has 4 rings (SSSR count). The number of nitrogens with zero attached hydrogens (tertiary/aromatic N) is 1. The SMILES string of the molecule is Cc1ccc(F)cc1C(=O)N1C[C@@H]2c3ccccc3OC[C@]2(CO)C1. The second-order valence-corrected chi connectivity index (χ2v) is 7.04. The molecule has 2 atom stereocenters. The van der Waals surface area contributed by atoms with Crippen molar-refractivity contribution < 1.29 is 19.0 Å². The van der Waals surface area contributed by atoms with Crippen molar-refractivity contribution in [2.24, 2.45) is 5.41 Å². The summed E-state index contributed by atoms with van der Waals surface area (Å²) in [5, 5.41) is 10.1. The van der Waals surface area contributed by atoms with E-state index in [2.05, 4.69) is 0 Å². The van der Waals surface area contributed by atoms with E-state index in [4.69, 9.17) is 4.74 Å². The van der Waals surface area contributed by atoms with E-state index >= 15 is 0 Å². The van der Waals surface area contributed by atoms with Crippen LogP contribution in [0.25, 0.3) is 0 Å². The van der Waals surface area contributed by atoms with Crippen molar-refractivity contribution in [1.82, 2.24) is 4.90 Å². The molecule has 25 heavy (non-hydrogen) atoms. The van der Waals surface area contributed by atoms with Crippen LogP contribution in [0.4, 0.5) is 4.39 Å². The molecular formula is C20H20FNO3. The number of rotatable bonds is 2. The zero-order valence-electron chi connectivity index (χ0n) is 14.0. The fourth-order valence-corrected chi connectivity index (χ4v) is 4.02. The normalized spacial score (nSPS) is 24.4. The van der Waals surface area contributed by atoms with Gasteiger partial charge in [-0.1, -0.05) is 24.3 Å². The Morgan fingerprint density at radius 1 is 1.36 bits per heavy atom. The predicted octanol–water partition coefficient (Wildman–Crippen LogP) is 2.74. The lowest BCUT2D eigenvalue weighted by Crippen LogP contribution is -2.42. The van der Waals surface area contributed by atoms with Crippen molar-refractivity contribution in [3.8, 4) is 5.75 Å². The average molecular weight is 341 g/mol. The summed E-state index contributed by atoms with van der Waals surface area (Å²) in [6.07, 6.45) is 0. The van der Waals surface area contributed by atoms with Gasteiger partial charge in [0, 0.05) is 24.6 Å². The molecule has 0 radical (unpaired) electrons. The molecule has 1 amide bonds. The molecule has 0 bridgehead atoms. The van der Waals surface area contributed by atoms with Crippen LogP contribution in [0.2, 0.25) is 0 Å². The lowest BCUT2D eigenvalue weighted by molar-refractivity contribution is 0.0440. The maximum absolute atomic E-state index is 13.6. The standard InChI is InChI=1S/C20H20FNO3/c1-13-6-7-14(21)8-16(13)19(24)22-9-17-15-4-2-3-5-18(15)25-12-20(17,10-22)11-23/h2-8,17,23H,9-12H2,1H3/t17-,20-/m1/s1. The first-order chi connectivity index (χ1) is 12.0. The minimum atomic E-state index is -0.509. The van der Waals surface area contributed by atoms with Crippen molar-refractivity contribution in [3.63, 3.8) is 0 Å². The number of likely N-dealkylation sites (tertiary alicyclic amines) is 1. The van der Waals surface area contributed by atoms with Crippen LogP contribution < -0.4 is 4.74 Å². The molecule has 0 spiro atoms. The molecule has 1 fully saturated rings. The van der Waals surface area contributed by atoms with Gasteiger partial charge in [-0.05, 0) is 36.2 Å². The summed E-state index contributed by atoms with van der Waals surface area (Å²) < 4.78 is 19.4. The molecule has 0 aliphatic carbocycles. The Kier molecular flexibility index (Phi) is 3.76. The second kappa shape index (κ2) is 5.85. The zero-order valence-corrected chi connectivity index (χ0v) is 14.0. The second-order valence-electron chi connectivity index (χ2n) is 7.04. The van der Waals surface area contributed by atoms with Gasteiger partial charge in [0.1, 0.15) is 11.6 Å². The first-order valence-corrected chi connectivity index (χ1v) is 8.42. The van der Waals surface area contributed by atoms with E-state index in [0.29, 0.717) is 25.3 Å². The minimum Gasteiger partial charge on any atom is -0.493 e. The van der Waals surface area contributed by atoms with E-state index in [9.17, 15) is 14.3 Å². The molecule has 0 saturated carbocycles. The summed E-state index contributed by atoms with van der Waals surface area (Å²) in [6, 6.07) is 12.0. The monoisotopic (exact) mass is 341 g/mol. The first-order valence-electron chi connectivity index (χ1n) is 8.42. The van der Waals surface area contributed by atoms with Crippen LogP contribution in [0, 0.1) is 18.2 Å². The third-order valence-corrected chi connectivity index (χ3v) is 5.49. The van der Waals surface area contributed by atoms with E-state index < -0.39 is 11.2 Å². The average Bonchev–Trinajstić information content (AvgIpc) is 3.04. The van der Waals surface area contributed by atoms with Crippen molar-refractivity contribution in [1.29, 1.82) is 0 Å². The number of benzene rings is 2. The van der Waals surface area contributed by atoms with Gasteiger partial charge in [-0.3, -0.25) is 4.79 Å². The Morgan fingerprint density at radius 2 is 2.16 bits per heavy atom. The number of halogens is 1. The number of aliphatic hydroxyl groups is 1. The predicted molar refractivity (Wildman–Crippen MR) is 91.2 cm³/mol. The summed E-state index contributed by atoms with van der Waals surface area (Å²) in [6.45, 7) is 3.01. The lowest BCUT2D eigenvalue weighted by atomic mass is 9.74. The van der Waals surface area contributed by atoms with Crippen molar-refractivity contribution in [2.75, 3.05) is 26.3 Å². The van der Waals surface area contributed by atoms with Crippen LogP contribution in [0.5, 0.6) is 5.75 Å². The van der Waals surface area contributed by atoms with Crippen molar-refractivity contribution in [2.45, 2.75) is 12.8 Å². The molecule has 130 valence electrons. The Bertz CT molecular complexity index is 837. The topological polar surface area (TPSA) is 49.8 Å². The molecule has 2 aromatic carbocycles. The molecule has 2 aliphatic rings. The van der Waals surface area contributed by atoms with E-state index in [1.807, 2.05) is 24.3 Å². The third kappa shape index (κ3) is 2.50. The summed E-state index contributed by atoms with van der Waals surface area (Å²) in [5.41, 5.74) is 1.64. The molecule has 1 saturated heterocycles. The number of carbonyl (C=O) groups is 1. The zero-order chi connectivity index (χ0) is 17.6. The lowest BCUT2D eigenvalue weighted by Gasteiger charge is -2.37. The number of aryl methyl sites for hydroxylation is 1. The highest BCUT2D eigenvalue weighted by atomic mass is 19.1. The highest BCUT2D eigenvalue weighted by Crippen LogP contribution is 2.49. The van der Waals surface area contributed by atoms with E-state index in [-0.39, 0.29) is 18.4 Å². The Hall–Kier alpha value is -2.40. The Morgan fingerprint density at radius 3 is 2.96 bits per heavy atom. The largest absolute Gasteiger partial charge is 0.493 e. The van der Waals surface area contributed by atoms with Crippen molar-refractivity contribution in [3.05, 3.63) is 65.0 Å². The molecule has 2 aliphatic heterocycles. The Labute approximate surface area is 145 Å². The summed E-state index contributed by atoms with van der Waals surface area (Å²) >= 11 is 0. The number of amides is 1. The smallest absolute Gasteiger partial charge is 0.254 e. The molecule has 4 nitrogen and oxygen atoms in total. The van der Waals surface area contributed by atoms with Gasteiger partial charge in [0.2, 0.25) is 0 Å². The van der Waals surface area contributed by atoms with Gasteiger partial charge in [-0.25, -0.2) is 4.39 Å². The third-order valence-electron chi connectivity index (χ3n) is 5.49. The van der Waals surface area contributed by atoms with Gasteiger partial charge in [-0.2, -0.15) is 0 Å². The quantitative estimate of drug-likeness (QED) is 0.914. The molecule has 2 heterocycles. The van der Waals surface area contributed by atoms with Crippen LogP contribution in [0.3, 0.4) is 0 Å². The number of fused-ring (bicyclic) bond motifs is 3. The molecule has 2 aromatic rings. The van der Waals surface area contributed by atoms with E-state index in [1.54, 1.807) is 17.9 Å². The van der Waals surface area contributed by atoms with Crippen LogP contribution in [-0.4, -0.2) is 42.2 Å². The van der Waals surface area contributed by atoms with Crippen LogP contribution in [0.1, 0.15) is 27.4 Å². The number of hydrogen-bond donors (Lipinski definition) is 1. The van der Waals surface area contributed by atoms with Gasteiger partial charge in [0.05, 0.1) is 18.6 Å². The summed E-state index contributed by atoms with van der Waals surface area (Å²) in [5.74, 6) is 0.209. The molecule has 0 aromatic heterocycles. The Balaban J connectivity index is 1.69. The van der Waals surface area contributed by atoms with E-state index in [1.165, 1.54) is 12.1 Å². The maximum Gasteiger partial charge on any atom is 0.254 e. The van der Waals surface area contributed by atoms with Gasteiger partial charge >= 0.3 is 0 Å². The molecule has 1 N–H and O–H groups in total. The number of carbonyl (C=O) groups excluding carboxylic acids is 1. The van der Waals surface area contributed by atoms with Crippen LogP contribution in [-0.2, 0) is 0 Å². The number of aliphatic hydroxyl groups excluding tert-OH is 1. The number of ether oxygens (including phenoxy) is 1. The summed E-state index contributed by atoms with van der Waals surface area (Å²) in [4.78, 5) is 14.7. The first kappa shape index (κ1) is 16.1. The highest BCUT2D eigenvalue weighted by molar-refractivity contribution is 5.96. The van der Waals surface area contributed by atoms with Gasteiger partial charge in [0.25, 0.3) is 5.91 Å². The fraction of sp³-hybridized carbons (Fsp3) is 0.350. The molecule has 5 heteroatoms. The summed E-state index contributed by atoms with van der Waals surface area (Å²) in [7, 11) is 0.